The maximum absolute atomic E-state index is 12.0. The predicted octanol–water partition coefficient (Wildman–Crippen LogP) is 2.67. The van der Waals surface area contributed by atoms with Crippen molar-refractivity contribution >= 4 is 34.7 Å². The molecule has 1 unspecified atom stereocenters. The summed E-state index contributed by atoms with van der Waals surface area (Å²) in [6.45, 7) is 3.48. The lowest BCUT2D eigenvalue weighted by molar-refractivity contribution is -0.420. The number of hydrogen-bond acceptors (Lipinski definition) is 5. The van der Waals surface area contributed by atoms with Crippen LogP contribution < -0.4 is 0 Å². The first-order valence-corrected chi connectivity index (χ1v) is 6.07. The Hall–Kier alpha value is -1.66. The fourth-order valence-corrected chi connectivity index (χ4v) is 1.84. The molecule has 0 heterocycles. The number of halogens is 1. The van der Waals surface area contributed by atoms with Crippen molar-refractivity contribution in [2.24, 2.45) is 0 Å². The molecule has 0 bridgehead atoms. The molecule has 0 spiro atoms. The number of carbonyl (C=O) groups is 1. The molecule has 1 N–H and O–H groups in total. The molecule has 0 aromatic heterocycles. The lowest BCUT2D eigenvalue weighted by Crippen LogP contribution is -2.12. The third-order valence-electron chi connectivity index (χ3n) is 2.05. The fraction of sp³-hybridized carbons (Fsp3) is 0.0909. The number of Topliss-reactive ketones (excluding diaryl/α,β-unsaturated/α-hetero) is 1. The number of nitrogens with zero attached hydrogens (tertiary/aromatic N) is 1. The van der Waals surface area contributed by atoms with E-state index in [2.05, 4.69) is 6.58 Å². The molecular weight excluding hydrogens is 276 g/mol. The van der Waals surface area contributed by atoms with E-state index in [1.165, 1.54) is 24.3 Å². The van der Waals surface area contributed by atoms with Gasteiger partial charge < -0.3 is 5.41 Å². The normalized spacial score (nSPS) is 18.4. The number of rotatable bonds is 5. The molecule has 18 heavy (non-hydrogen) atoms. The van der Waals surface area contributed by atoms with Crippen molar-refractivity contribution in [2.45, 2.75) is 5.38 Å². The van der Waals surface area contributed by atoms with E-state index >= 15 is 0 Å². The Morgan fingerprint density at radius 3 is 2.89 bits per heavy atom. The molecule has 0 aromatic carbocycles. The highest BCUT2D eigenvalue weighted by Crippen LogP contribution is 2.24. The van der Waals surface area contributed by atoms with Crippen LogP contribution in [0.4, 0.5) is 0 Å². The fourth-order valence-electron chi connectivity index (χ4n) is 1.27. The van der Waals surface area contributed by atoms with Gasteiger partial charge in [0.15, 0.2) is 0 Å². The summed E-state index contributed by atoms with van der Waals surface area (Å²) >= 11 is 6.66. The second-order valence-corrected chi connectivity index (χ2v) is 4.67. The number of nitrogens with one attached hydrogen (secondary N) is 1. The molecule has 7 heteroatoms. The Labute approximate surface area is 113 Å². The van der Waals surface area contributed by atoms with Gasteiger partial charge in [-0.25, -0.2) is 0 Å². The van der Waals surface area contributed by atoms with Gasteiger partial charge in [0.1, 0.15) is 0 Å². The summed E-state index contributed by atoms with van der Waals surface area (Å²) in [4.78, 5) is 22.3. The Morgan fingerprint density at radius 1 is 1.67 bits per heavy atom. The van der Waals surface area contributed by atoms with Crippen LogP contribution in [0.3, 0.4) is 0 Å². The van der Waals surface area contributed by atoms with Crippen LogP contribution in [0, 0.1) is 15.5 Å². The van der Waals surface area contributed by atoms with E-state index in [4.69, 9.17) is 17.0 Å². The van der Waals surface area contributed by atoms with Crippen molar-refractivity contribution in [3.05, 3.63) is 57.2 Å². The number of carbonyl (C=O) groups excluding carboxylic acids is 1. The van der Waals surface area contributed by atoms with Gasteiger partial charge in [-0.05, 0) is 6.08 Å². The summed E-state index contributed by atoms with van der Waals surface area (Å²) in [5.74, 6) is -0.596. The highest BCUT2D eigenvalue weighted by molar-refractivity contribution is 8.16. The Balaban J connectivity index is 3.16. The van der Waals surface area contributed by atoms with Gasteiger partial charge in [-0.1, -0.05) is 30.5 Å². The van der Waals surface area contributed by atoms with Crippen molar-refractivity contribution < 1.29 is 9.72 Å². The highest BCUT2D eigenvalue weighted by Gasteiger charge is 2.27. The Bertz CT molecular complexity index is 508. The molecule has 5 nitrogen and oxygen atoms in total. The largest absolute Gasteiger partial charge is 0.302 e. The van der Waals surface area contributed by atoms with Crippen molar-refractivity contribution in [3.8, 4) is 0 Å². The van der Waals surface area contributed by atoms with Crippen molar-refractivity contribution in [2.75, 3.05) is 0 Å². The number of ketones is 1. The van der Waals surface area contributed by atoms with Crippen LogP contribution in [-0.4, -0.2) is 21.6 Å². The van der Waals surface area contributed by atoms with Crippen LogP contribution in [0.2, 0.25) is 0 Å². The molecule has 0 radical (unpaired) electrons. The first-order valence-electron chi connectivity index (χ1n) is 4.75. The average Bonchev–Trinajstić information content (AvgIpc) is 2.50. The maximum atomic E-state index is 12.0. The molecular formula is C11H9ClN2O3S. The summed E-state index contributed by atoms with van der Waals surface area (Å²) in [7, 11) is 0. The van der Waals surface area contributed by atoms with Gasteiger partial charge in [0, 0.05) is 6.08 Å². The van der Waals surface area contributed by atoms with E-state index < -0.39 is 16.1 Å². The molecule has 1 aliphatic carbocycles. The molecule has 1 aliphatic rings. The lowest BCUT2D eigenvalue weighted by atomic mass is 10.1. The van der Waals surface area contributed by atoms with Gasteiger partial charge in [0.05, 0.1) is 26.3 Å². The number of thioether (sulfide) groups is 1. The zero-order valence-electron chi connectivity index (χ0n) is 9.13. The average molecular weight is 285 g/mol. The molecule has 94 valence electrons. The summed E-state index contributed by atoms with van der Waals surface area (Å²) in [5.41, 5.74) is 0.499. The van der Waals surface area contributed by atoms with E-state index in [1.54, 1.807) is 0 Å². The molecule has 0 saturated carbocycles. The van der Waals surface area contributed by atoms with Crippen LogP contribution in [0.25, 0.3) is 0 Å². The van der Waals surface area contributed by atoms with Gasteiger partial charge in [-0.3, -0.25) is 14.9 Å². The zero-order valence-corrected chi connectivity index (χ0v) is 10.7. The first kappa shape index (κ1) is 14.4. The number of nitro groups is 1. The monoisotopic (exact) mass is 284 g/mol. The highest BCUT2D eigenvalue weighted by atomic mass is 35.5. The smallest absolute Gasteiger partial charge is 0.280 e. The summed E-state index contributed by atoms with van der Waals surface area (Å²) in [6, 6.07) is 0. The van der Waals surface area contributed by atoms with E-state index in [1.807, 2.05) is 0 Å². The third kappa shape index (κ3) is 3.41. The van der Waals surface area contributed by atoms with E-state index in [0.29, 0.717) is 0 Å². The second-order valence-electron chi connectivity index (χ2n) is 3.21. The van der Waals surface area contributed by atoms with Gasteiger partial charge in [-0.2, -0.15) is 0 Å². The molecule has 1 rings (SSSR count). The lowest BCUT2D eigenvalue weighted by Gasteiger charge is -2.05. The van der Waals surface area contributed by atoms with E-state index in [0.717, 1.165) is 17.3 Å². The second kappa shape index (κ2) is 6.32. The minimum atomic E-state index is -0.647. The Morgan fingerprint density at radius 2 is 2.33 bits per heavy atom. The maximum Gasteiger partial charge on any atom is 0.280 e. The summed E-state index contributed by atoms with van der Waals surface area (Å²) in [6.07, 6.45) is 5.48. The Kier molecular flexibility index (Phi) is 5.06. The first-order chi connectivity index (χ1) is 8.47. The van der Waals surface area contributed by atoms with Crippen LogP contribution in [0.5, 0.6) is 0 Å². The van der Waals surface area contributed by atoms with Crippen LogP contribution in [0.1, 0.15) is 0 Å². The topological polar surface area (TPSA) is 84.1 Å². The van der Waals surface area contributed by atoms with Crippen molar-refractivity contribution in [1.82, 2.24) is 0 Å². The standard InChI is InChI=1S/C11H9ClN2O3S/c1-7(18-6-13)11(15)9-5-8(12)3-2-4-10(9)14(16)17/h2-6,8,13H,1H2. The molecule has 0 aromatic rings. The van der Waals surface area contributed by atoms with Gasteiger partial charge in [0.25, 0.3) is 5.70 Å². The van der Waals surface area contributed by atoms with Crippen LogP contribution in [-0.2, 0) is 4.79 Å². The van der Waals surface area contributed by atoms with E-state index in [-0.39, 0.29) is 16.2 Å². The molecule has 0 saturated heterocycles. The molecule has 0 aliphatic heterocycles. The third-order valence-corrected chi connectivity index (χ3v) is 2.91. The zero-order chi connectivity index (χ0) is 13.7. The number of allylic oxidation sites excluding steroid dienone is 6. The van der Waals surface area contributed by atoms with E-state index in [9.17, 15) is 14.9 Å². The van der Waals surface area contributed by atoms with Crippen LogP contribution >= 0.6 is 23.4 Å². The van der Waals surface area contributed by atoms with Crippen LogP contribution in [0.15, 0.2) is 47.1 Å². The van der Waals surface area contributed by atoms with Crippen molar-refractivity contribution in [1.29, 1.82) is 5.41 Å². The van der Waals surface area contributed by atoms with Gasteiger partial charge in [0.2, 0.25) is 5.78 Å². The van der Waals surface area contributed by atoms with Gasteiger partial charge in [-0.15, -0.1) is 11.6 Å². The SMILES string of the molecule is C=C(SC=N)C(=O)C1=CC(Cl)C=CC=C1[N+](=O)[O-]. The minimum Gasteiger partial charge on any atom is -0.302 e. The van der Waals surface area contributed by atoms with Crippen molar-refractivity contribution in [3.63, 3.8) is 0 Å². The summed E-state index contributed by atoms with van der Waals surface area (Å²) < 4.78 is 0. The number of alkyl halides is 1. The molecule has 1 atom stereocenters. The minimum absolute atomic E-state index is 0.0368. The number of hydrogen-bond donors (Lipinski definition) is 1. The predicted molar refractivity (Wildman–Crippen MR) is 72.5 cm³/mol. The molecule has 0 amide bonds. The quantitative estimate of drug-likeness (QED) is 0.210. The molecule has 0 fully saturated rings. The summed E-state index contributed by atoms with van der Waals surface area (Å²) in [5, 5.41) is 17.2. The van der Waals surface area contributed by atoms with Gasteiger partial charge >= 0.3 is 0 Å².